The molecule has 144 valence electrons. The lowest BCUT2D eigenvalue weighted by Gasteiger charge is -2.31. The van der Waals surface area contributed by atoms with Crippen molar-refractivity contribution < 1.29 is 14.3 Å². The number of hydrogen-bond acceptors (Lipinski definition) is 4. The van der Waals surface area contributed by atoms with Crippen molar-refractivity contribution in [1.29, 1.82) is 0 Å². The number of amides is 1. The standard InChI is InChI=1S/C22H28N2O3/c1-23(22(25)19-12-11-18(26-2)15-21(19)27-3)16-17-9-5-6-10-20(17)24-13-7-4-8-14-24/h5-6,9-12,15H,4,7-8,13-14,16H2,1-3H3. The molecule has 1 amide bonds. The minimum Gasteiger partial charge on any atom is -0.497 e. The predicted molar refractivity (Wildman–Crippen MR) is 108 cm³/mol. The highest BCUT2D eigenvalue weighted by atomic mass is 16.5. The van der Waals surface area contributed by atoms with Crippen LogP contribution in [0.2, 0.25) is 0 Å². The molecule has 2 aromatic rings. The third-order valence-electron chi connectivity index (χ3n) is 5.08. The summed E-state index contributed by atoms with van der Waals surface area (Å²) in [6, 6.07) is 13.7. The Morgan fingerprint density at radius 1 is 1.04 bits per heavy atom. The number of rotatable bonds is 6. The van der Waals surface area contributed by atoms with Gasteiger partial charge in [-0.05, 0) is 43.0 Å². The van der Waals surface area contributed by atoms with Gasteiger partial charge in [0.25, 0.3) is 5.91 Å². The van der Waals surface area contributed by atoms with E-state index in [0.29, 0.717) is 23.6 Å². The monoisotopic (exact) mass is 368 g/mol. The number of ether oxygens (including phenoxy) is 2. The van der Waals surface area contributed by atoms with Gasteiger partial charge in [0.15, 0.2) is 0 Å². The third kappa shape index (κ3) is 4.35. The van der Waals surface area contributed by atoms with E-state index >= 15 is 0 Å². The van der Waals surface area contributed by atoms with Crippen LogP contribution in [0.25, 0.3) is 0 Å². The minimum atomic E-state index is -0.0667. The van der Waals surface area contributed by atoms with Gasteiger partial charge in [0.2, 0.25) is 0 Å². The number of hydrogen-bond donors (Lipinski definition) is 0. The summed E-state index contributed by atoms with van der Waals surface area (Å²) < 4.78 is 10.6. The average molecular weight is 368 g/mol. The summed E-state index contributed by atoms with van der Waals surface area (Å²) in [6.45, 7) is 2.72. The molecule has 0 saturated carbocycles. The Labute approximate surface area is 161 Å². The summed E-state index contributed by atoms with van der Waals surface area (Å²) in [6.07, 6.45) is 3.76. The molecule has 1 saturated heterocycles. The van der Waals surface area contributed by atoms with E-state index in [2.05, 4.69) is 23.1 Å². The van der Waals surface area contributed by atoms with Crippen molar-refractivity contribution >= 4 is 11.6 Å². The number of nitrogens with zero attached hydrogens (tertiary/aromatic N) is 2. The van der Waals surface area contributed by atoms with Gasteiger partial charge < -0.3 is 19.3 Å². The summed E-state index contributed by atoms with van der Waals surface area (Å²) in [5.74, 6) is 1.12. The average Bonchev–Trinajstić information content (AvgIpc) is 2.73. The van der Waals surface area contributed by atoms with Gasteiger partial charge in [0, 0.05) is 38.4 Å². The van der Waals surface area contributed by atoms with Crippen molar-refractivity contribution in [3.05, 3.63) is 53.6 Å². The van der Waals surface area contributed by atoms with Crippen molar-refractivity contribution in [3.8, 4) is 11.5 Å². The number of para-hydroxylation sites is 1. The second kappa shape index (κ2) is 8.80. The molecule has 0 aliphatic carbocycles. The Balaban J connectivity index is 1.79. The van der Waals surface area contributed by atoms with Crippen molar-refractivity contribution in [2.24, 2.45) is 0 Å². The summed E-state index contributed by atoms with van der Waals surface area (Å²) in [7, 11) is 5.00. The molecule has 27 heavy (non-hydrogen) atoms. The van der Waals surface area contributed by atoms with E-state index in [-0.39, 0.29) is 5.91 Å². The highest BCUT2D eigenvalue weighted by molar-refractivity contribution is 5.97. The van der Waals surface area contributed by atoms with Crippen LogP contribution in [0.4, 0.5) is 5.69 Å². The van der Waals surface area contributed by atoms with Crippen LogP contribution in [-0.4, -0.2) is 45.2 Å². The number of carbonyl (C=O) groups is 1. The van der Waals surface area contributed by atoms with E-state index < -0.39 is 0 Å². The zero-order valence-corrected chi connectivity index (χ0v) is 16.4. The van der Waals surface area contributed by atoms with E-state index in [9.17, 15) is 4.79 Å². The largest absolute Gasteiger partial charge is 0.497 e. The van der Waals surface area contributed by atoms with Gasteiger partial charge in [-0.3, -0.25) is 4.79 Å². The lowest BCUT2D eigenvalue weighted by Crippen LogP contribution is -2.32. The van der Waals surface area contributed by atoms with Crippen molar-refractivity contribution in [3.63, 3.8) is 0 Å². The summed E-state index contributed by atoms with van der Waals surface area (Å²) in [5.41, 5.74) is 2.94. The van der Waals surface area contributed by atoms with Crippen LogP contribution in [0.15, 0.2) is 42.5 Å². The molecular formula is C22H28N2O3. The van der Waals surface area contributed by atoms with Gasteiger partial charge in [0.1, 0.15) is 11.5 Å². The van der Waals surface area contributed by atoms with Crippen LogP contribution in [0.3, 0.4) is 0 Å². The number of methoxy groups -OCH3 is 2. The Morgan fingerprint density at radius 3 is 2.48 bits per heavy atom. The lowest BCUT2D eigenvalue weighted by atomic mass is 10.1. The van der Waals surface area contributed by atoms with Gasteiger partial charge in [-0.15, -0.1) is 0 Å². The summed E-state index contributed by atoms with van der Waals surface area (Å²) in [5, 5.41) is 0. The fourth-order valence-electron chi connectivity index (χ4n) is 3.60. The van der Waals surface area contributed by atoms with Crippen molar-refractivity contribution in [2.75, 3.05) is 39.3 Å². The first kappa shape index (κ1) is 19.1. The zero-order valence-electron chi connectivity index (χ0n) is 16.4. The third-order valence-corrected chi connectivity index (χ3v) is 5.08. The quantitative estimate of drug-likeness (QED) is 0.774. The van der Waals surface area contributed by atoms with Crippen LogP contribution in [0.5, 0.6) is 11.5 Å². The Bertz CT molecular complexity index is 785. The Kier molecular flexibility index (Phi) is 6.22. The predicted octanol–water partition coefficient (Wildman–Crippen LogP) is 3.97. The smallest absolute Gasteiger partial charge is 0.257 e. The molecule has 1 aliphatic heterocycles. The minimum absolute atomic E-state index is 0.0667. The van der Waals surface area contributed by atoms with E-state index in [4.69, 9.17) is 9.47 Å². The maximum atomic E-state index is 13.0. The maximum absolute atomic E-state index is 13.0. The highest BCUT2D eigenvalue weighted by Gasteiger charge is 2.20. The van der Waals surface area contributed by atoms with E-state index in [1.54, 1.807) is 37.3 Å². The molecule has 0 atom stereocenters. The molecule has 0 radical (unpaired) electrons. The molecule has 0 spiro atoms. The van der Waals surface area contributed by atoms with Crippen LogP contribution >= 0.6 is 0 Å². The maximum Gasteiger partial charge on any atom is 0.257 e. The molecule has 0 bridgehead atoms. The van der Waals surface area contributed by atoms with E-state index in [1.165, 1.54) is 30.5 Å². The molecule has 0 N–H and O–H groups in total. The first-order chi connectivity index (χ1) is 13.1. The molecule has 5 heteroatoms. The van der Waals surface area contributed by atoms with Crippen LogP contribution < -0.4 is 14.4 Å². The second-order valence-electron chi connectivity index (χ2n) is 6.90. The van der Waals surface area contributed by atoms with Gasteiger partial charge >= 0.3 is 0 Å². The number of benzene rings is 2. The molecular weight excluding hydrogens is 340 g/mol. The summed E-state index contributed by atoms with van der Waals surface area (Å²) >= 11 is 0. The summed E-state index contributed by atoms with van der Waals surface area (Å²) in [4.78, 5) is 17.2. The normalized spacial score (nSPS) is 14.0. The fourth-order valence-corrected chi connectivity index (χ4v) is 3.60. The SMILES string of the molecule is COc1ccc(C(=O)N(C)Cc2ccccc2N2CCCCC2)c(OC)c1. The number of anilines is 1. The molecule has 1 aliphatic rings. The molecule has 1 fully saturated rings. The van der Waals surface area contributed by atoms with Gasteiger partial charge in [-0.25, -0.2) is 0 Å². The van der Waals surface area contributed by atoms with Gasteiger partial charge in [-0.2, -0.15) is 0 Å². The van der Waals surface area contributed by atoms with Crippen LogP contribution in [-0.2, 0) is 6.54 Å². The first-order valence-electron chi connectivity index (χ1n) is 9.44. The van der Waals surface area contributed by atoms with Crippen LogP contribution in [0, 0.1) is 0 Å². The van der Waals surface area contributed by atoms with Gasteiger partial charge in [0.05, 0.1) is 19.8 Å². The second-order valence-corrected chi connectivity index (χ2v) is 6.90. The lowest BCUT2D eigenvalue weighted by molar-refractivity contribution is 0.0782. The van der Waals surface area contributed by atoms with Crippen LogP contribution in [0.1, 0.15) is 35.2 Å². The van der Waals surface area contributed by atoms with E-state index in [1.807, 2.05) is 13.1 Å². The fraction of sp³-hybridized carbons (Fsp3) is 0.409. The zero-order chi connectivity index (χ0) is 19.2. The first-order valence-corrected chi connectivity index (χ1v) is 9.44. The molecule has 5 nitrogen and oxygen atoms in total. The Hall–Kier alpha value is -2.69. The van der Waals surface area contributed by atoms with Gasteiger partial charge in [-0.1, -0.05) is 18.2 Å². The molecule has 0 aromatic heterocycles. The molecule has 2 aromatic carbocycles. The van der Waals surface area contributed by atoms with Crippen molar-refractivity contribution in [2.45, 2.75) is 25.8 Å². The van der Waals surface area contributed by atoms with Crippen molar-refractivity contribution in [1.82, 2.24) is 4.90 Å². The highest BCUT2D eigenvalue weighted by Crippen LogP contribution is 2.28. The Morgan fingerprint density at radius 2 is 1.78 bits per heavy atom. The molecule has 1 heterocycles. The molecule has 0 unspecified atom stereocenters. The number of carbonyl (C=O) groups excluding carboxylic acids is 1. The molecule has 3 rings (SSSR count). The number of piperidine rings is 1. The topological polar surface area (TPSA) is 42.0 Å². The van der Waals surface area contributed by atoms with E-state index in [0.717, 1.165) is 13.1 Å².